The zero-order valence-corrected chi connectivity index (χ0v) is 14.1. The van der Waals surface area contributed by atoms with Gasteiger partial charge in [0.2, 0.25) is 0 Å². The molecule has 0 aromatic carbocycles. The van der Waals surface area contributed by atoms with Gasteiger partial charge >= 0.3 is 0 Å². The minimum atomic E-state index is 0.547. The zero-order chi connectivity index (χ0) is 17.1. The van der Waals surface area contributed by atoms with Crippen molar-refractivity contribution in [3.05, 3.63) is 67.9 Å². The van der Waals surface area contributed by atoms with Gasteiger partial charge in [-0.3, -0.25) is 9.55 Å². The van der Waals surface area contributed by atoms with Gasteiger partial charge in [-0.15, -0.1) is 11.6 Å². The molecule has 4 aromatic heterocycles. The van der Waals surface area contributed by atoms with Crippen LogP contribution in [0, 0.1) is 0 Å². The Morgan fingerprint density at radius 3 is 2.64 bits per heavy atom. The summed E-state index contributed by atoms with van der Waals surface area (Å²) in [7, 11) is 0. The number of aryl methyl sites for hydroxylation is 1. The first-order valence-electron chi connectivity index (χ1n) is 7.83. The summed E-state index contributed by atoms with van der Waals surface area (Å²) >= 11 is 5.80. The maximum Gasteiger partial charge on any atom is 0.147 e. The van der Waals surface area contributed by atoms with Crippen molar-refractivity contribution in [2.75, 3.05) is 5.88 Å². The monoisotopic (exact) mass is 350 g/mol. The predicted octanol–water partition coefficient (Wildman–Crippen LogP) is 3.43. The van der Waals surface area contributed by atoms with Crippen molar-refractivity contribution >= 4 is 11.6 Å². The van der Waals surface area contributed by atoms with Crippen molar-refractivity contribution < 1.29 is 0 Å². The van der Waals surface area contributed by atoms with E-state index in [9.17, 15) is 0 Å². The Hall–Kier alpha value is -2.99. The number of nitrogens with zero attached hydrogens (tertiary/aromatic N) is 6. The van der Waals surface area contributed by atoms with E-state index in [4.69, 9.17) is 11.6 Å². The Morgan fingerprint density at radius 2 is 1.80 bits per heavy atom. The summed E-state index contributed by atoms with van der Waals surface area (Å²) in [5, 5.41) is 0. The molecule has 4 rings (SSSR count). The summed E-state index contributed by atoms with van der Waals surface area (Å²) in [6, 6.07) is 7.77. The van der Waals surface area contributed by atoms with E-state index in [-0.39, 0.29) is 0 Å². The molecule has 4 heterocycles. The molecule has 0 spiro atoms. The van der Waals surface area contributed by atoms with Gasteiger partial charge in [-0.1, -0.05) is 0 Å². The van der Waals surface area contributed by atoms with Crippen LogP contribution in [0.3, 0.4) is 0 Å². The first-order valence-corrected chi connectivity index (χ1v) is 8.36. The van der Waals surface area contributed by atoms with Crippen LogP contribution in [0.4, 0.5) is 0 Å². The molecule has 0 aliphatic carbocycles. The van der Waals surface area contributed by atoms with E-state index in [1.165, 1.54) is 0 Å². The number of halogens is 1. The van der Waals surface area contributed by atoms with Crippen LogP contribution in [0.2, 0.25) is 0 Å². The van der Waals surface area contributed by atoms with Gasteiger partial charge in [0.05, 0.1) is 17.7 Å². The topological polar surface area (TPSA) is 61.4 Å². The van der Waals surface area contributed by atoms with Crippen LogP contribution in [0.15, 0.2) is 67.9 Å². The van der Waals surface area contributed by atoms with Gasteiger partial charge in [0.15, 0.2) is 0 Å². The summed E-state index contributed by atoms with van der Waals surface area (Å²) in [4.78, 5) is 17.6. The lowest BCUT2D eigenvalue weighted by molar-refractivity contribution is 0.767. The fraction of sp³-hybridized carbons (Fsp3) is 0.111. The van der Waals surface area contributed by atoms with Gasteiger partial charge in [-0.2, -0.15) is 0 Å². The lowest BCUT2D eigenvalue weighted by atomic mass is 10.2. The molecule has 6 nitrogen and oxygen atoms in total. The van der Waals surface area contributed by atoms with Crippen molar-refractivity contribution in [1.82, 2.24) is 29.1 Å². The highest BCUT2D eigenvalue weighted by Gasteiger charge is 2.12. The highest BCUT2D eigenvalue weighted by Crippen LogP contribution is 2.25. The van der Waals surface area contributed by atoms with Crippen molar-refractivity contribution in [2.24, 2.45) is 0 Å². The molecule has 0 unspecified atom stereocenters. The van der Waals surface area contributed by atoms with Crippen molar-refractivity contribution in [3.8, 4) is 28.3 Å². The van der Waals surface area contributed by atoms with Gasteiger partial charge in [-0.05, 0) is 24.3 Å². The van der Waals surface area contributed by atoms with Gasteiger partial charge in [0, 0.05) is 54.5 Å². The number of rotatable bonds is 5. The minimum Gasteiger partial charge on any atom is -0.336 e. The molecule has 0 fully saturated rings. The molecule has 0 radical (unpaired) electrons. The smallest absolute Gasteiger partial charge is 0.147 e. The number of hydrogen-bond donors (Lipinski definition) is 0. The maximum atomic E-state index is 5.80. The molecule has 25 heavy (non-hydrogen) atoms. The SMILES string of the molecule is ClCCn1cnc(-c2cccnc2-n2cnc(-c3cccnc3)c2)c1. The second kappa shape index (κ2) is 6.86. The van der Waals surface area contributed by atoms with Crippen LogP contribution in [-0.2, 0) is 6.54 Å². The molecular weight excluding hydrogens is 336 g/mol. The standard InChI is InChI=1S/C18H15ClN6/c19-5-8-24-10-17(22-12-24)15-4-2-7-21-18(15)25-11-16(23-13-25)14-3-1-6-20-9-14/h1-4,6-7,9-13H,5,8H2. The quantitative estimate of drug-likeness (QED) is 0.517. The largest absolute Gasteiger partial charge is 0.336 e. The first-order chi connectivity index (χ1) is 12.3. The fourth-order valence-electron chi connectivity index (χ4n) is 2.62. The number of alkyl halides is 1. The van der Waals surface area contributed by atoms with Gasteiger partial charge < -0.3 is 4.57 Å². The average molecular weight is 351 g/mol. The van der Waals surface area contributed by atoms with Crippen LogP contribution in [0.5, 0.6) is 0 Å². The summed E-state index contributed by atoms with van der Waals surface area (Å²) in [6.45, 7) is 0.723. The summed E-state index contributed by atoms with van der Waals surface area (Å²) < 4.78 is 3.87. The number of hydrogen-bond acceptors (Lipinski definition) is 4. The molecule has 0 atom stereocenters. The average Bonchev–Trinajstić information content (AvgIpc) is 3.33. The zero-order valence-electron chi connectivity index (χ0n) is 13.3. The van der Waals surface area contributed by atoms with Crippen molar-refractivity contribution in [1.29, 1.82) is 0 Å². The van der Waals surface area contributed by atoms with Crippen LogP contribution in [0.25, 0.3) is 28.3 Å². The summed E-state index contributed by atoms with van der Waals surface area (Å²) in [6.07, 6.45) is 12.8. The van der Waals surface area contributed by atoms with E-state index < -0.39 is 0 Å². The third-order valence-electron chi connectivity index (χ3n) is 3.82. The normalized spacial score (nSPS) is 10.9. The predicted molar refractivity (Wildman–Crippen MR) is 96.5 cm³/mol. The van der Waals surface area contributed by atoms with Gasteiger partial charge in [0.1, 0.15) is 12.1 Å². The number of pyridine rings is 2. The second-order valence-corrected chi connectivity index (χ2v) is 5.85. The lowest BCUT2D eigenvalue weighted by Crippen LogP contribution is -1.98. The van der Waals surface area contributed by atoms with E-state index >= 15 is 0 Å². The van der Waals surface area contributed by atoms with Crippen LogP contribution in [0.1, 0.15) is 0 Å². The molecule has 0 saturated carbocycles. The molecule has 0 N–H and O–H groups in total. The third kappa shape index (κ3) is 3.16. The number of aromatic nitrogens is 6. The lowest BCUT2D eigenvalue weighted by Gasteiger charge is -2.06. The Bertz CT molecular complexity index is 976. The first kappa shape index (κ1) is 15.5. The van der Waals surface area contributed by atoms with Crippen LogP contribution in [-0.4, -0.2) is 35.0 Å². The minimum absolute atomic E-state index is 0.547. The second-order valence-electron chi connectivity index (χ2n) is 5.47. The molecule has 0 bridgehead atoms. The highest BCUT2D eigenvalue weighted by atomic mass is 35.5. The summed E-state index contributed by atoms with van der Waals surface area (Å²) in [5.74, 6) is 1.33. The third-order valence-corrected chi connectivity index (χ3v) is 3.99. The van der Waals surface area contributed by atoms with Crippen LogP contribution < -0.4 is 0 Å². The Labute approximate surface area is 149 Å². The molecule has 0 aliphatic rings. The van der Waals surface area contributed by atoms with E-state index in [2.05, 4.69) is 19.9 Å². The molecule has 0 saturated heterocycles. The molecule has 4 aromatic rings. The molecular formula is C18H15ClN6. The molecule has 0 aliphatic heterocycles. The van der Waals surface area contributed by atoms with E-state index in [0.717, 1.165) is 34.9 Å². The Kier molecular flexibility index (Phi) is 4.26. The van der Waals surface area contributed by atoms with Gasteiger partial charge in [0.25, 0.3) is 0 Å². The Morgan fingerprint density at radius 1 is 0.920 bits per heavy atom. The molecule has 7 heteroatoms. The maximum absolute atomic E-state index is 5.80. The van der Waals surface area contributed by atoms with Gasteiger partial charge in [-0.25, -0.2) is 15.0 Å². The van der Waals surface area contributed by atoms with E-state index in [1.54, 1.807) is 31.2 Å². The molecule has 124 valence electrons. The number of imidazole rings is 2. The van der Waals surface area contributed by atoms with E-state index in [1.807, 2.05) is 45.8 Å². The fourth-order valence-corrected chi connectivity index (χ4v) is 2.82. The Balaban J connectivity index is 1.73. The van der Waals surface area contributed by atoms with Crippen molar-refractivity contribution in [2.45, 2.75) is 6.54 Å². The summed E-state index contributed by atoms with van der Waals surface area (Å²) in [5.41, 5.74) is 3.60. The van der Waals surface area contributed by atoms with Crippen molar-refractivity contribution in [3.63, 3.8) is 0 Å². The molecule has 0 amide bonds. The highest BCUT2D eigenvalue weighted by molar-refractivity contribution is 6.17. The van der Waals surface area contributed by atoms with E-state index in [0.29, 0.717) is 5.88 Å². The van der Waals surface area contributed by atoms with Crippen LogP contribution >= 0.6 is 11.6 Å².